The molecule has 78 valence electrons. The Morgan fingerprint density at radius 2 is 2.08 bits per heavy atom. The standard InChI is InChI=1S/C10H19F2N/c1-4-9-5-6-13(8(2)3)7-10(9,11)12/h8-9H,4-7H2,1-3H3. The van der Waals surface area contributed by atoms with E-state index in [4.69, 9.17) is 0 Å². The molecule has 1 fully saturated rings. The SMILES string of the molecule is CCC1CCN(C(C)C)CC1(F)F. The molecule has 0 aromatic carbocycles. The Labute approximate surface area is 79.1 Å². The van der Waals surface area contributed by atoms with Crippen LogP contribution in [0.4, 0.5) is 8.78 Å². The van der Waals surface area contributed by atoms with Crippen molar-refractivity contribution in [2.24, 2.45) is 5.92 Å². The fourth-order valence-corrected chi connectivity index (χ4v) is 1.96. The van der Waals surface area contributed by atoms with Crippen molar-refractivity contribution in [1.29, 1.82) is 0 Å². The maximum absolute atomic E-state index is 13.4. The molecule has 0 saturated carbocycles. The van der Waals surface area contributed by atoms with Gasteiger partial charge in [-0.05, 0) is 33.2 Å². The number of nitrogens with zero attached hydrogens (tertiary/aromatic N) is 1. The van der Waals surface area contributed by atoms with Crippen LogP contribution in [0.15, 0.2) is 0 Å². The van der Waals surface area contributed by atoms with Crippen molar-refractivity contribution in [3.63, 3.8) is 0 Å². The molecule has 0 radical (unpaired) electrons. The zero-order chi connectivity index (χ0) is 10.1. The fourth-order valence-electron chi connectivity index (χ4n) is 1.96. The van der Waals surface area contributed by atoms with Crippen LogP contribution in [0, 0.1) is 5.92 Å². The Bertz CT molecular complexity index is 168. The number of hydrogen-bond acceptors (Lipinski definition) is 1. The van der Waals surface area contributed by atoms with Gasteiger partial charge < -0.3 is 0 Å². The Morgan fingerprint density at radius 1 is 1.46 bits per heavy atom. The van der Waals surface area contributed by atoms with E-state index < -0.39 is 11.8 Å². The molecule has 1 aliphatic rings. The van der Waals surface area contributed by atoms with E-state index in [-0.39, 0.29) is 12.6 Å². The summed E-state index contributed by atoms with van der Waals surface area (Å²) in [5.41, 5.74) is 0. The van der Waals surface area contributed by atoms with Gasteiger partial charge in [-0.3, -0.25) is 4.90 Å². The molecule has 0 aromatic heterocycles. The fraction of sp³-hybridized carbons (Fsp3) is 1.00. The van der Waals surface area contributed by atoms with Gasteiger partial charge in [0.15, 0.2) is 0 Å². The van der Waals surface area contributed by atoms with Crippen molar-refractivity contribution < 1.29 is 8.78 Å². The first kappa shape index (κ1) is 10.9. The summed E-state index contributed by atoms with van der Waals surface area (Å²) in [5.74, 6) is -2.88. The summed E-state index contributed by atoms with van der Waals surface area (Å²) in [6, 6.07) is 0.240. The minimum Gasteiger partial charge on any atom is -0.295 e. The van der Waals surface area contributed by atoms with Crippen LogP contribution in [0.5, 0.6) is 0 Å². The average molecular weight is 191 g/mol. The lowest BCUT2D eigenvalue weighted by Crippen LogP contribution is -2.50. The Morgan fingerprint density at radius 3 is 2.46 bits per heavy atom. The maximum atomic E-state index is 13.4. The van der Waals surface area contributed by atoms with Crippen LogP contribution in [0.2, 0.25) is 0 Å². The van der Waals surface area contributed by atoms with E-state index in [1.165, 1.54) is 0 Å². The third kappa shape index (κ3) is 2.39. The quantitative estimate of drug-likeness (QED) is 0.648. The van der Waals surface area contributed by atoms with E-state index in [0.29, 0.717) is 12.8 Å². The average Bonchev–Trinajstić information content (AvgIpc) is 2.02. The van der Waals surface area contributed by atoms with Gasteiger partial charge in [-0.2, -0.15) is 0 Å². The molecule has 0 bridgehead atoms. The molecule has 3 heteroatoms. The van der Waals surface area contributed by atoms with Crippen LogP contribution in [0.25, 0.3) is 0 Å². The first-order valence-electron chi connectivity index (χ1n) is 5.09. The summed E-state index contributed by atoms with van der Waals surface area (Å²) < 4.78 is 26.9. The van der Waals surface area contributed by atoms with Gasteiger partial charge in [0, 0.05) is 12.0 Å². The number of hydrogen-bond donors (Lipinski definition) is 0. The summed E-state index contributed by atoms with van der Waals surface area (Å²) in [4.78, 5) is 1.87. The molecule has 1 nitrogen and oxygen atoms in total. The molecule has 0 N–H and O–H groups in total. The lowest BCUT2D eigenvalue weighted by Gasteiger charge is -2.40. The minimum atomic E-state index is -2.47. The zero-order valence-corrected chi connectivity index (χ0v) is 8.69. The van der Waals surface area contributed by atoms with Crippen molar-refractivity contribution in [3.8, 4) is 0 Å². The highest BCUT2D eigenvalue weighted by atomic mass is 19.3. The van der Waals surface area contributed by atoms with E-state index in [0.717, 1.165) is 6.54 Å². The second kappa shape index (κ2) is 3.91. The van der Waals surface area contributed by atoms with Gasteiger partial charge >= 0.3 is 0 Å². The Hall–Kier alpha value is -0.180. The predicted molar refractivity (Wildman–Crippen MR) is 50.1 cm³/mol. The molecule has 0 spiro atoms. The minimum absolute atomic E-state index is 0.0524. The molecule has 1 saturated heterocycles. The van der Waals surface area contributed by atoms with Crippen LogP contribution in [-0.4, -0.2) is 30.0 Å². The number of halogens is 2. The van der Waals surface area contributed by atoms with Gasteiger partial charge in [-0.1, -0.05) is 6.92 Å². The number of piperidine rings is 1. The van der Waals surface area contributed by atoms with Crippen molar-refractivity contribution >= 4 is 0 Å². The molecule has 13 heavy (non-hydrogen) atoms. The molecule has 0 aliphatic carbocycles. The second-order valence-electron chi connectivity index (χ2n) is 4.22. The third-order valence-corrected chi connectivity index (χ3v) is 3.00. The summed E-state index contributed by atoms with van der Waals surface area (Å²) in [5, 5.41) is 0. The van der Waals surface area contributed by atoms with Crippen LogP contribution >= 0.6 is 0 Å². The van der Waals surface area contributed by atoms with Gasteiger partial charge in [0.25, 0.3) is 5.92 Å². The Balaban J connectivity index is 2.59. The van der Waals surface area contributed by atoms with Gasteiger partial charge in [0.1, 0.15) is 0 Å². The lowest BCUT2D eigenvalue weighted by molar-refractivity contribution is -0.117. The van der Waals surface area contributed by atoms with Crippen molar-refractivity contribution in [2.75, 3.05) is 13.1 Å². The summed E-state index contributed by atoms with van der Waals surface area (Å²) in [7, 11) is 0. The molecule has 1 rings (SSSR count). The first-order chi connectivity index (χ1) is 5.97. The molecule has 1 aliphatic heterocycles. The smallest absolute Gasteiger partial charge is 0.263 e. The molecular weight excluding hydrogens is 172 g/mol. The summed E-state index contributed by atoms with van der Waals surface area (Å²) in [6.45, 7) is 6.57. The summed E-state index contributed by atoms with van der Waals surface area (Å²) >= 11 is 0. The van der Waals surface area contributed by atoms with Crippen molar-refractivity contribution in [2.45, 2.75) is 45.6 Å². The molecule has 1 unspecified atom stereocenters. The van der Waals surface area contributed by atoms with E-state index in [2.05, 4.69) is 0 Å². The molecule has 0 amide bonds. The van der Waals surface area contributed by atoms with E-state index in [1.54, 1.807) is 0 Å². The maximum Gasteiger partial charge on any atom is 0.263 e. The van der Waals surface area contributed by atoms with Gasteiger partial charge in [-0.15, -0.1) is 0 Å². The van der Waals surface area contributed by atoms with Crippen LogP contribution in [0.3, 0.4) is 0 Å². The highest BCUT2D eigenvalue weighted by Crippen LogP contribution is 2.35. The van der Waals surface area contributed by atoms with Gasteiger partial charge in [0.2, 0.25) is 0 Å². The first-order valence-corrected chi connectivity index (χ1v) is 5.09. The lowest BCUT2D eigenvalue weighted by atomic mass is 9.90. The molecular formula is C10H19F2N. The topological polar surface area (TPSA) is 3.24 Å². The van der Waals surface area contributed by atoms with Gasteiger partial charge in [0.05, 0.1) is 6.54 Å². The summed E-state index contributed by atoms with van der Waals surface area (Å²) in [6.07, 6.45) is 1.24. The number of rotatable bonds is 2. The van der Waals surface area contributed by atoms with Crippen molar-refractivity contribution in [1.82, 2.24) is 4.90 Å². The van der Waals surface area contributed by atoms with E-state index >= 15 is 0 Å². The third-order valence-electron chi connectivity index (χ3n) is 3.00. The van der Waals surface area contributed by atoms with Crippen molar-refractivity contribution in [3.05, 3.63) is 0 Å². The highest BCUT2D eigenvalue weighted by Gasteiger charge is 2.43. The normalized spacial score (nSPS) is 29.5. The van der Waals surface area contributed by atoms with Crippen LogP contribution in [0.1, 0.15) is 33.6 Å². The van der Waals surface area contributed by atoms with Crippen LogP contribution in [-0.2, 0) is 0 Å². The predicted octanol–water partition coefficient (Wildman–Crippen LogP) is 2.76. The molecule has 1 atom stereocenters. The van der Waals surface area contributed by atoms with E-state index in [9.17, 15) is 8.78 Å². The Kier molecular flexibility index (Phi) is 3.28. The number of alkyl halides is 2. The zero-order valence-electron chi connectivity index (χ0n) is 8.69. The second-order valence-corrected chi connectivity index (χ2v) is 4.22. The van der Waals surface area contributed by atoms with E-state index in [1.807, 2.05) is 25.7 Å². The largest absolute Gasteiger partial charge is 0.295 e. The van der Waals surface area contributed by atoms with Crippen LogP contribution < -0.4 is 0 Å². The monoisotopic (exact) mass is 191 g/mol. The highest BCUT2D eigenvalue weighted by molar-refractivity contribution is 4.86. The van der Waals surface area contributed by atoms with Gasteiger partial charge in [-0.25, -0.2) is 8.78 Å². The number of likely N-dealkylation sites (tertiary alicyclic amines) is 1. The molecule has 1 heterocycles. The molecule has 0 aromatic rings.